The van der Waals surface area contributed by atoms with Gasteiger partial charge in [0.1, 0.15) is 0 Å². The van der Waals surface area contributed by atoms with E-state index in [0.29, 0.717) is 31.9 Å². The van der Waals surface area contributed by atoms with Gasteiger partial charge >= 0.3 is 0 Å². The van der Waals surface area contributed by atoms with Crippen LogP contribution in [0.3, 0.4) is 0 Å². The number of nitro benzene ring substituents is 1. The lowest BCUT2D eigenvalue weighted by Gasteiger charge is -2.31. The van der Waals surface area contributed by atoms with E-state index in [0.717, 1.165) is 11.3 Å². The van der Waals surface area contributed by atoms with Crippen LogP contribution in [0.1, 0.15) is 15.9 Å². The molecule has 0 aliphatic carbocycles. The number of allylic oxidation sites excluding steroid dienone is 1. The summed E-state index contributed by atoms with van der Waals surface area (Å²) < 4.78 is 5.39. The molecule has 3 rings (SSSR count). The van der Waals surface area contributed by atoms with Gasteiger partial charge in [0.25, 0.3) is 5.69 Å². The third-order valence-corrected chi connectivity index (χ3v) is 4.05. The van der Waals surface area contributed by atoms with Gasteiger partial charge in [0, 0.05) is 42.6 Å². The molecule has 2 aromatic rings. The summed E-state index contributed by atoms with van der Waals surface area (Å²) >= 11 is 0. The molecule has 6 nitrogen and oxygen atoms in total. The predicted octanol–water partition coefficient (Wildman–Crippen LogP) is 3.15. The van der Waals surface area contributed by atoms with E-state index in [1.54, 1.807) is 6.08 Å². The summed E-state index contributed by atoms with van der Waals surface area (Å²) in [5, 5.41) is 10.7. The molecule has 6 heteroatoms. The first kappa shape index (κ1) is 16.9. The Balaban J connectivity index is 1.91. The van der Waals surface area contributed by atoms with Gasteiger partial charge in [0.2, 0.25) is 0 Å². The number of carbonyl (C=O) groups excluding carboxylic acids is 1. The predicted molar refractivity (Wildman–Crippen MR) is 94.2 cm³/mol. The zero-order chi connectivity index (χ0) is 17.6. The van der Waals surface area contributed by atoms with E-state index in [9.17, 15) is 14.9 Å². The maximum Gasteiger partial charge on any atom is 0.269 e. The lowest BCUT2D eigenvalue weighted by molar-refractivity contribution is -0.384. The highest BCUT2D eigenvalue weighted by atomic mass is 16.6. The van der Waals surface area contributed by atoms with Crippen LogP contribution in [0.25, 0.3) is 5.70 Å². The van der Waals surface area contributed by atoms with Gasteiger partial charge in [0.15, 0.2) is 5.78 Å². The molecule has 1 heterocycles. The Morgan fingerprint density at radius 3 is 2.24 bits per heavy atom. The molecule has 1 fully saturated rings. The van der Waals surface area contributed by atoms with Gasteiger partial charge in [-0.3, -0.25) is 14.9 Å². The van der Waals surface area contributed by atoms with Crippen LogP contribution in [0.2, 0.25) is 0 Å². The molecule has 0 radical (unpaired) electrons. The SMILES string of the molecule is O=C(/C=C(/c1ccccc1)N1CCOCC1)c1ccc([N+](=O)[O-])cc1. The number of hydrogen-bond donors (Lipinski definition) is 0. The summed E-state index contributed by atoms with van der Waals surface area (Å²) in [5.41, 5.74) is 2.19. The monoisotopic (exact) mass is 338 g/mol. The normalized spacial score (nSPS) is 15.0. The van der Waals surface area contributed by atoms with Gasteiger partial charge in [-0.15, -0.1) is 0 Å². The molecule has 0 unspecified atom stereocenters. The molecule has 0 N–H and O–H groups in total. The van der Waals surface area contributed by atoms with Crippen molar-refractivity contribution in [2.75, 3.05) is 26.3 Å². The van der Waals surface area contributed by atoms with Gasteiger partial charge in [-0.25, -0.2) is 0 Å². The van der Waals surface area contributed by atoms with Crippen LogP contribution >= 0.6 is 0 Å². The van der Waals surface area contributed by atoms with E-state index in [-0.39, 0.29) is 11.5 Å². The largest absolute Gasteiger partial charge is 0.378 e. The first-order valence-corrected chi connectivity index (χ1v) is 8.04. The molecule has 1 saturated heterocycles. The standard InChI is InChI=1S/C19H18N2O4/c22-19(16-6-8-17(9-7-16)21(23)24)14-18(15-4-2-1-3-5-15)20-10-12-25-13-11-20/h1-9,14H,10-13H2/b18-14-. The smallest absolute Gasteiger partial charge is 0.269 e. The average molecular weight is 338 g/mol. The number of benzene rings is 2. The number of rotatable bonds is 5. The van der Waals surface area contributed by atoms with Gasteiger partial charge in [-0.05, 0) is 17.7 Å². The lowest BCUT2D eigenvalue weighted by atomic mass is 10.0. The maximum absolute atomic E-state index is 12.6. The zero-order valence-electron chi connectivity index (χ0n) is 13.6. The fourth-order valence-electron chi connectivity index (χ4n) is 2.73. The topological polar surface area (TPSA) is 72.7 Å². The van der Waals surface area contributed by atoms with Gasteiger partial charge in [-0.2, -0.15) is 0 Å². The minimum atomic E-state index is -0.479. The summed E-state index contributed by atoms with van der Waals surface area (Å²) in [6.45, 7) is 2.67. The van der Waals surface area contributed by atoms with Crippen molar-refractivity contribution in [2.24, 2.45) is 0 Å². The number of morpholine rings is 1. The van der Waals surface area contributed by atoms with Crippen molar-refractivity contribution >= 4 is 17.2 Å². The molecular weight excluding hydrogens is 320 g/mol. The summed E-state index contributed by atoms with van der Waals surface area (Å²) in [6, 6.07) is 15.4. The maximum atomic E-state index is 12.6. The van der Waals surface area contributed by atoms with Gasteiger partial charge in [-0.1, -0.05) is 30.3 Å². The van der Waals surface area contributed by atoms with Crippen LogP contribution in [0, 0.1) is 10.1 Å². The van der Waals surface area contributed by atoms with Crippen LogP contribution < -0.4 is 0 Å². The van der Waals surface area contributed by atoms with E-state index in [1.165, 1.54) is 24.3 Å². The molecular formula is C19H18N2O4. The lowest BCUT2D eigenvalue weighted by Crippen LogP contribution is -2.35. The number of ether oxygens (including phenoxy) is 1. The highest BCUT2D eigenvalue weighted by molar-refractivity contribution is 6.08. The zero-order valence-corrected chi connectivity index (χ0v) is 13.6. The first-order chi connectivity index (χ1) is 12.1. The molecule has 0 saturated carbocycles. The summed E-state index contributed by atoms with van der Waals surface area (Å²) in [6.07, 6.45) is 1.60. The molecule has 25 heavy (non-hydrogen) atoms. The number of carbonyl (C=O) groups is 1. The van der Waals surface area contributed by atoms with E-state index < -0.39 is 4.92 Å². The van der Waals surface area contributed by atoms with Crippen molar-refractivity contribution < 1.29 is 14.5 Å². The van der Waals surface area contributed by atoms with E-state index in [4.69, 9.17) is 4.74 Å². The average Bonchev–Trinajstić information content (AvgIpc) is 2.67. The van der Waals surface area contributed by atoms with Gasteiger partial charge < -0.3 is 9.64 Å². The van der Waals surface area contributed by atoms with Gasteiger partial charge in [0.05, 0.1) is 18.1 Å². The molecule has 1 aliphatic heterocycles. The summed E-state index contributed by atoms with van der Waals surface area (Å²) in [5.74, 6) is -0.180. The van der Waals surface area contributed by atoms with Crippen LogP contribution in [0.4, 0.5) is 5.69 Å². The first-order valence-electron chi connectivity index (χ1n) is 8.04. The molecule has 1 aliphatic rings. The third-order valence-electron chi connectivity index (χ3n) is 4.05. The Morgan fingerprint density at radius 2 is 1.64 bits per heavy atom. The second kappa shape index (κ2) is 7.72. The van der Waals surface area contributed by atoms with E-state index in [2.05, 4.69) is 4.90 Å². The quantitative estimate of drug-likeness (QED) is 0.362. The minimum absolute atomic E-state index is 0.0306. The van der Waals surface area contributed by atoms with Crippen LogP contribution in [0.5, 0.6) is 0 Å². The Hall–Kier alpha value is -2.99. The molecule has 0 amide bonds. The number of non-ortho nitro benzene ring substituents is 1. The highest BCUT2D eigenvalue weighted by Crippen LogP contribution is 2.22. The van der Waals surface area contributed by atoms with Crippen LogP contribution in [0.15, 0.2) is 60.7 Å². The second-order valence-electron chi connectivity index (χ2n) is 5.66. The number of nitrogens with zero attached hydrogens (tertiary/aromatic N) is 2. The Labute approximate surface area is 145 Å². The molecule has 0 spiro atoms. The number of hydrogen-bond acceptors (Lipinski definition) is 5. The van der Waals surface area contributed by atoms with Crippen molar-refractivity contribution in [2.45, 2.75) is 0 Å². The van der Waals surface area contributed by atoms with Crippen molar-refractivity contribution in [3.05, 3.63) is 81.9 Å². The number of nitro groups is 1. The molecule has 0 atom stereocenters. The fraction of sp³-hybridized carbons (Fsp3) is 0.211. The number of ketones is 1. The molecule has 0 bridgehead atoms. The van der Waals surface area contributed by atoms with E-state index in [1.807, 2.05) is 30.3 Å². The molecule has 2 aromatic carbocycles. The second-order valence-corrected chi connectivity index (χ2v) is 5.66. The van der Waals surface area contributed by atoms with Crippen LogP contribution in [-0.4, -0.2) is 41.9 Å². The fourth-order valence-corrected chi connectivity index (χ4v) is 2.73. The van der Waals surface area contributed by atoms with Crippen LogP contribution in [-0.2, 0) is 4.74 Å². The Kier molecular flexibility index (Phi) is 5.20. The Bertz CT molecular complexity index is 779. The Morgan fingerprint density at radius 1 is 1.00 bits per heavy atom. The molecule has 128 valence electrons. The molecule has 0 aromatic heterocycles. The van der Waals surface area contributed by atoms with E-state index >= 15 is 0 Å². The van der Waals surface area contributed by atoms with Crippen molar-refractivity contribution in [1.29, 1.82) is 0 Å². The van der Waals surface area contributed by atoms with Crippen molar-refractivity contribution in [3.8, 4) is 0 Å². The summed E-state index contributed by atoms with van der Waals surface area (Å²) in [4.78, 5) is 25.0. The highest BCUT2D eigenvalue weighted by Gasteiger charge is 2.17. The minimum Gasteiger partial charge on any atom is -0.378 e. The summed E-state index contributed by atoms with van der Waals surface area (Å²) in [7, 11) is 0. The van der Waals surface area contributed by atoms with Crippen molar-refractivity contribution in [3.63, 3.8) is 0 Å². The van der Waals surface area contributed by atoms with Crippen molar-refractivity contribution in [1.82, 2.24) is 4.90 Å². The third kappa shape index (κ3) is 4.10.